The molecule has 1 aliphatic heterocycles. The van der Waals surface area contributed by atoms with Gasteiger partial charge in [0.05, 0.1) is 28.4 Å². The van der Waals surface area contributed by atoms with Gasteiger partial charge in [0, 0.05) is 24.8 Å². The third-order valence-corrected chi connectivity index (χ3v) is 7.90. The standard InChI is InChI=1S/C20H19F3N4O3S/c1-11-15(7-8-31(11,29)30)26-18-16-17(25-10-27(2)19(16)28)14(9-24-18)12-3-5-13(6-4-12)20(21,22)23/h3-6,9-11,15H,7-8H2,1-2H3,(H,24,26)/t11-,15+/m1/s1. The molecular weight excluding hydrogens is 433 g/mol. The van der Waals surface area contributed by atoms with Crippen molar-refractivity contribution >= 4 is 26.6 Å². The van der Waals surface area contributed by atoms with Crippen LogP contribution in [0.25, 0.3) is 22.0 Å². The highest BCUT2D eigenvalue weighted by Crippen LogP contribution is 2.34. The zero-order valence-corrected chi connectivity index (χ0v) is 17.5. The Labute approximate surface area is 175 Å². The molecule has 3 aromatic rings. The second kappa shape index (κ2) is 7.33. The maximum Gasteiger partial charge on any atom is 0.416 e. The lowest BCUT2D eigenvalue weighted by atomic mass is 10.0. The number of fused-ring (bicyclic) bond motifs is 1. The number of nitrogens with zero attached hydrogens (tertiary/aromatic N) is 3. The topological polar surface area (TPSA) is 93.9 Å². The average molecular weight is 452 g/mol. The molecule has 0 unspecified atom stereocenters. The Morgan fingerprint density at radius 2 is 1.84 bits per heavy atom. The van der Waals surface area contributed by atoms with Gasteiger partial charge in [0.25, 0.3) is 5.56 Å². The molecule has 164 valence electrons. The maximum atomic E-state index is 12.9. The molecule has 0 saturated carbocycles. The number of halogens is 3. The molecule has 1 aromatic carbocycles. The maximum absolute atomic E-state index is 12.9. The first kappa shape index (κ1) is 21.3. The highest BCUT2D eigenvalue weighted by atomic mass is 32.2. The molecule has 1 N–H and O–H groups in total. The summed E-state index contributed by atoms with van der Waals surface area (Å²) in [5.41, 5.74) is -0.0862. The van der Waals surface area contributed by atoms with Crippen LogP contribution in [0.3, 0.4) is 0 Å². The third kappa shape index (κ3) is 3.78. The molecule has 2 aromatic heterocycles. The minimum Gasteiger partial charge on any atom is -0.365 e. The number of sulfone groups is 1. The zero-order chi connectivity index (χ0) is 22.6. The van der Waals surface area contributed by atoms with Crippen LogP contribution in [0.15, 0.2) is 41.6 Å². The van der Waals surface area contributed by atoms with Crippen molar-refractivity contribution in [2.75, 3.05) is 11.1 Å². The van der Waals surface area contributed by atoms with E-state index in [1.807, 2.05) is 0 Å². The van der Waals surface area contributed by atoms with Crippen molar-refractivity contribution in [2.24, 2.45) is 7.05 Å². The molecule has 3 heterocycles. The van der Waals surface area contributed by atoms with Crippen molar-refractivity contribution in [3.8, 4) is 11.1 Å². The fraction of sp³-hybridized carbons (Fsp3) is 0.350. The number of rotatable bonds is 3. The molecule has 0 spiro atoms. The van der Waals surface area contributed by atoms with Gasteiger partial charge in [-0.2, -0.15) is 13.2 Å². The van der Waals surface area contributed by atoms with Gasteiger partial charge in [-0.05, 0) is 31.0 Å². The second-order valence-corrected chi connectivity index (χ2v) is 10.1. The molecule has 0 radical (unpaired) electrons. The van der Waals surface area contributed by atoms with Gasteiger partial charge in [-0.25, -0.2) is 18.4 Å². The summed E-state index contributed by atoms with van der Waals surface area (Å²) in [5.74, 6) is 0.247. The van der Waals surface area contributed by atoms with Gasteiger partial charge in [0.1, 0.15) is 11.2 Å². The van der Waals surface area contributed by atoms with Gasteiger partial charge < -0.3 is 9.88 Å². The molecule has 0 amide bonds. The summed E-state index contributed by atoms with van der Waals surface area (Å²) in [4.78, 5) is 21.5. The van der Waals surface area contributed by atoms with Gasteiger partial charge >= 0.3 is 6.18 Å². The Kier molecular flexibility index (Phi) is 5.03. The normalized spacial score (nSPS) is 20.8. The van der Waals surface area contributed by atoms with E-state index < -0.39 is 38.4 Å². The average Bonchev–Trinajstić information content (AvgIpc) is 2.97. The van der Waals surface area contributed by atoms with E-state index in [4.69, 9.17) is 0 Å². The predicted octanol–water partition coefficient (Wildman–Crippen LogP) is 3.00. The molecule has 2 atom stereocenters. The van der Waals surface area contributed by atoms with E-state index in [0.29, 0.717) is 17.5 Å². The van der Waals surface area contributed by atoms with Gasteiger partial charge in [-0.15, -0.1) is 0 Å². The van der Waals surface area contributed by atoms with Gasteiger partial charge in [0.2, 0.25) is 0 Å². The van der Waals surface area contributed by atoms with Crippen molar-refractivity contribution in [3.05, 3.63) is 52.7 Å². The molecule has 11 heteroatoms. The highest BCUT2D eigenvalue weighted by molar-refractivity contribution is 7.92. The van der Waals surface area contributed by atoms with Crippen LogP contribution in [0.2, 0.25) is 0 Å². The predicted molar refractivity (Wildman–Crippen MR) is 110 cm³/mol. The molecule has 1 fully saturated rings. The molecule has 1 aliphatic rings. The number of aryl methyl sites for hydroxylation is 1. The third-order valence-electron chi connectivity index (χ3n) is 5.64. The summed E-state index contributed by atoms with van der Waals surface area (Å²) in [6, 6.07) is 4.11. The number of nitrogens with one attached hydrogen (secondary N) is 1. The first-order valence-corrected chi connectivity index (χ1v) is 11.2. The summed E-state index contributed by atoms with van der Waals surface area (Å²) in [7, 11) is -1.69. The van der Waals surface area contributed by atoms with Crippen molar-refractivity contribution in [1.29, 1.82) is 0 Å². The Morgan fingerprint density at radius 1 is 1.16 bits per heavy atom. The van der Waals surface area contributed by atoms with E-state index in [1.54, 1.807) is 6.92 Å². The van der Waals surface area contributed by atoms with Gasteiger partial charge in [-0.1, -0.05) is 12.1 Å². The number of hydrogen-bond acceptors (Lipinski definition) is 6. The van der Waals surface area contributed by atoms with Crippen LogP contribution in [0.1, 0.15) is 18.9 Å². The monoisotopic (exact) mass is 452 g/mol. The molecule has 4 rings (SSSR count). The van der Waals surface area contributed by atoms with E-state index >= 15 is 0 Å². The zero-order valence-electron chi connectivity index (χ0n) is 16.6. The molecule has 0 aliphatic carbocycles. The number of benzene rings is 1. The lowest BCUT2D eigenvalue weighted by Crippen LogP contribution is -2.31. The quantitative estimate of drug-likeness (QED) is 0.657. The molecule has 1 saturated heterocycles. The molecule has 0 bridgehead atoms. The van der Waals surface area contributed by atoms with Crippen molar-refractivity contribution < 1.29 is 21.6 Å². The smallest absolute Gasteiger partial charge is 0.365 e. The van der Waals surface area contributed by atoms with Crippen LogP contribution in [0, 0.1) is 0 Å². The van der Waals surface area contributed by atoms with Gasteiger partial charge in [0.15, 0.2) is 9.84 Å². The lowest BCUT2D eigenvalue weighted by molar-refractivity contribution is -0.137. The first-order valence-electron chi connectivity index (χ1n) is 9.49. The van der Waals surface area contributed by atoms with Crippen LogP contribution in [-0.2, 0) is 23.1 Å². The summed E-state index contributed by atoms with van der Waals surface area (Å²) in [6.45, 7) is 1.61. The Hall–Kier alpha value is -2.95. The van der Waals surface area contributed by atoms with Gasteiger partial charge in [-0.3, -0.25) is 4.79 Å². The minimum atomic E-state index is -4.46. The van der Waals surface area contributed by atoms with Crippen molar-refractivity contribution in [1.82, 2.24) is 14.5 Å². The summed E-state index contributed by atoms with van der Waals surface area (Å²) < 4.78 is 64.1. The Balaban J connectivity index is 1.83. The molecule has 31 heavy (non-hydrogen) atoms. The molecule has 7 nitrogen and oxygen atoms in total. The summed E-state index contributed by atoms with van der Waals surface area (Å²) in [6.07, 6.45) is -1.33. The molecular formula is C20H19F3N4O3S. The highest BCUT2D eigenvalue weighted by Gasteiger charge is 2.37. The first-order chi connectivity index (χ1) is 14.5. The number of anilines is 1. The van der Waals surface area contributed by atoms with E-state index in [-0.39, 0.29) is 22.5 Å². The SMILES string of the molecule is C[C@@H]1[C@@H](Nc2ncc(-c3ccc(C(F)(F)F)cc3)c3ncn(C)c(=O)c23)CCS1(=O)=O. The second-order valence-electron chi connectivity index (χ2n) is 7.59. The number of aromatic nitrogens is 3. The van der Waals surface area contributed by atoms with Crippen LogP contribution in [0.5, 0.6) is 0 Å². The van der Waals surface area contributed by atoms with E-state index in [1.165, 1.54) is 36.3 Å². The summed E-state index contributed by atoms with van der Waals surface area (Å²) in [5, 5.41) is 2.58. The van der Waals surface area contributed by atoms with Crippen LogP contribution in [0.4, 0.5) is 19.0 Å². The van der Waals surface area contributed by atoms with Crippen molar-refractivity contribution in [2.45, 2.75) is 30.8 Å². The lowest BCUT2D eigenvalue weighted by Gasteiger charge is -2.19. The Morgan fingerprint density at radius 3 is 2.42 bits per heavy atom. The van der Waals surface area contributed by atoms with Crippen molar-refractivity contribution in [3.63, 3.8) is 0 Å². The fourth-order valence-electron chi connectivity index (χ4n) is 3.70. The van der Waals surface area contributed by atoms with E-state index in [2.05, 4.69) is 15.3 Å². The Bertz CT molecular complexity index is 1320. The number of hydrogen-bond donors (Lipinski definition) is 1. The number of pyridine rings is 1. The minimum absolute atomic E-state index is 0.0453. The fourth-order valence-corrected chi connectivity index (χ4v) is 5.36. The number of alkyl halides is 3. The van der Waals surface area contributed by atoms with Crippen LogP contribution in [-0.4, -0.2) is 40.0 Å². The van der Waals surface area contributed by atoms with Crippen LogP contribution < -0.4 is 10.9 Å². The summed E-state index contributed by atoms with van der Waals surface area (Å²) >= 11 is 0. The van der Waals surface area contributed by atoms with E-state index in [9.17, 15) is 26.4 Å². The van der Waals surface area contributed by atoms with E-state index in [0.717, 1.165) is 12.1 Å². The van der Waals surface area contributed by atoms with Crippen LogP contribution >= 0.6 is 0 Å². The largest absolute Gasteiger partial charge is 0.416 e.